The van der Waals surface area contributed by atoms with E-state index in [0.717, 1.165) is 0 Å². The number of hydrogen-bond acceptors (Lipinski definition) is 4. The quantitative estimate of drug-likeness (QED) is 0.739. The summed E-state index contributed by atoms with van der Waals surface area (Å²) in [5, 5.41) is 0. The fourth-order valence-corrected chi connectivity index (χ4v) is 1.20. The number of carbonyl (C=O) groups excluding carboxylic acids is 1. The lowest BCUT2D eigenvalue weighted by atomic mass is 10.2. The third-order valence-corrected chi connectivity index (χ3v) is 1.90. The average Bonchev–Trinajstić information content (AvgIpc) is 2.57. The van der Waals surface area contributed by atoms with E-state index in [1.54, 1.807) is 19.2 Å². The van der Waals surface area contributed by atoms with Gasteiger partial charge in [0.2, 0.25) is 0 Å². The molecule has 2 heterocycles. The van der Waals surface area contributed by atoms with Crippen molar-refractivity contribution >= 4 is 17.0 Å². The fraction of sp³-hybridized carbons (Fsp3) is 0.300. The van der Waals surface area contributed by atoms with Gasteiger partial charge in [0.05, 0.1) is 0 Å². The van der Waals surface area contributed by atoms with Crippen LogP contribution >= 0.6 is 0 Å². The first-order valence-corrected chi connectivity index (χ1v) is 4.45. The summed E-state index contributed by atoms with van der Waals surface area (Å²) in [7, 11) is 0. The highest BCUT2D eigenvalue weighted by atomic mass is 16.3. The van der Waals surface area contributed by atoms with E-state index in [1.807, 2.05) is 6.07 Å². The summed E-state index contributed by atoms with van der Waals surface area (Å²) in [6.07, 6.45) is 2.68. The molecule has 4 heteroatoms. The molecule has 0 aliphatic carbocycles. The van der Waals surface area contributed by atoms with Crippen molar-refractivity contribution in [2.75, 3.05) is 0 Å². The topological polar surface area (TPSA) is 56.0 Å². The normalized spacial score (nSPS) is 10.6. The highest BCUT2D eigenvalue weighted by molar-refractivity contribution is 5.75. The predicted molar refractivity (Wildman–Crippen MR) is 50.8 cm³/mol. The van der Waals surface area contributed by atoms with Gasteiger partial charge in [0, 0.05) is 19.0 Å². The van der Waals surface area contributed by atoms with Crippen molar-refractivity contribution < 1.29 is 9.21 Å². The Labute approximate surface area is 81.0 Å². The van der Waals surface area contributed by atoms with Gasteiger partial charge in [0.1, 0.15) is 5.78 Å². The lowest BCUT2D eigenvalue weighted by molar-refractivity contribution is -0.117. The number of fused-ring (bicyclic) bond motifs is 1. The van der Waals surface area contributed by atoms with Crippen molar-refractivity contribution in [1.29, 1.82) is 0 Å². The van der Waals surface area contributed by atoms with Crippen LogP contribution in [0.4, 0.5) is 0 Å². The Hall–Kier alpha value is -1.71. The largest absolute Gasteiger partial charge is 0.439 e. The predicted octanol–water partition coefficient (Wildman–Crippen LogP) is 1.74. The number of aromatic nitrogens is 2. The van der Waals surface area contributed by atoms with Crippen LogP contribution in [0.5, 0.6) is 0 Å². The molecule has 2 aromatic rings. The monoisotopic (exact) mass is 190 g/mol. The molecule has 0 bridgehead atoms. The van der Waals surface area contributed by atoms with E-state index in [-0.39, 0.29) is 5.78 Å². The molecule has 4 nitrogen and oxygen atoms in total. The number of carbonyl (C=O) groups is 1. The Kier molecular flexibility index (Phi) is 2.26. The molecule has 0 amide bonds. The number of Topliss-reactive ketones (excluding diaryl/α,β-unsaturated/α-hetero) is 1. The van der Waals surface area contributed by atoms with Crippen LogP contribution in [0, 0.1) is 0 Å². The first-order chi connectivity index (χ1) is 6.75. The minimum absolute atomic E-state index is 0.139. The molecule has 2 aromatic heterocycles. The van der Waals surface area contributed by atoms with E-state index in [0.29, 0.717) is 30.0 Å². The Balaban J connectivity index is 2.22. The van der Waals surface area contributed by atoms with E-state index in [1.165, 1.54) is 0 Å². The second-order valence-electron chi connectivity index (χ2n) is 3.13. The third kappa shape index (κ3) is 1.79. The van der Waals surface area contributed by atoms with Crippen LogP contribution in [0.15, 0.2) is 22.7 Å². The molecule has 0 unspecified atom stereocenters. The van der Waals surface area contributed by atoms with Crippen LogP contribution in [-0.2, 0) is 11.2 Å². The maximum absolute atomic E-state index is 10.7. The van der Waals surface area contributed by atoms with Gasteiger partial charge in [-0.3, -0.25) is 0 Å². The molecular weight excluding hydrogens is 180 g/mol. The fourth-order valence-electron chi connectivity index (χ4n) is 1.20. The molecule has 0 aliphatic rings. The number of hydrogen-bond donors (Lipinski definition) is 0. The zero-order chi connectivity index (χ0) is 9.97. The number of ketones is 1. The Morgan fingerprint density at radius 1 is 1.57 bits per heavy atom. The number of pyridine rings is 1. The summed E-state index contributed by atoms with van der Waals surface area (Å²) < 4.78 is 5.39. The van der Waals surface area contributed by atoms with Crippen LogP contribution in [0.3, 0.4) is 0 Å². The first-order valence-electron chi connectivity index (χ1n) is 4.45. The summed E-state index contributed by atoms with van der Waals surface area (Å²) in [5.41, 5.74) is 1.28. The zero-order valence-electron chi connectivity index (χ0n) is 7.86. The van der Waals surface area contributed by atoms with Crippen LogP contribution in [0.25, 0.3) is 11.2 Å². The molecule has 0 saturated carbocycles. The molecule has 0 N–H and O–H groups in total. The second kappa shape index (κ2) is 3.57. The van der Waals surface area contributed by atoms with E-state index in [4.69, 9.17) is 4.42 Å². The van der Waals surface area contributed by atoms with Gasteiger partial charge in [-0.05, 0) is 19.1 Å². The van der Waals surface area contributed by atoms with Gasteiger partial charge in [-0.15, -0.1) is 0 Å². The van der Waals surface area contributed by atoms with Gasteiger partial charge in [0.25, 0.3) is 0 Å². The number of oxazole rings is 1. The van der Waals surface area contributed by atoms with Crippen molar-refractivity contribution in [2.45, 2.75) is 19.8 Å². The Morgan fingerprint density at radius 2 is 2.43 bits per heavy atom. The van der Waals surface area contributed by atoms with Crippen LogP contribution in [-0.4, -0.2) is 15.8 Å². The van der Waals surface area contributed by atoms with E-state index in [9.17, 15) is 4.79 Å². The molecule has 0 fully saturated rings. The molecule has 72 valence electrons. The molecule has 0 atom stereocenters. The average molecular weight is 190 g/mol. The summed E-state index contributed by atoms with van der Waals surface area (Å²) in [5.74, 6) is 0.717. The maximum atomic E-state index is 10.7. The number of nitrogens with zero attached hydrogens (tertiary/aromatic N) is 2. The standard InChI is InChI=1S/C10H10N2O2/c1-7(13)4-5-9-12-10-8(14-9)3-2-6-11-10/h2-3,6H,4-5H2,1H3. The van der Waals surface area contributed by atoms with E-state index < -0.39 is 0 Å². The first kappa shape index (κ1) is 8.87. The van der Waals surface area contributed by atoms with Crippen LogP contribution in [0.1, 0.15) is 19.2 Å². The molecule has 0 aromatic carbocycles. The summed E-state index contributed by atoms with van der Waals surface area (Å²) in [4.78, 5) is 18.9. The smallest absolute Gasteiger partial charge is 0.198 e. The summed E-state index contributed by atoms with van der Waals surface area (Å²) in [6.45, 7) is 1.56. The van der Waals surface area contributed by atoms with Crippen molar-refractivity contribution in [3.05, 3.63) is 24.2 Å². The summed E-state index contributed by atoms with van der Waals surface area (Å²) in [6, 6.07) is 3.61. The highest BCUT2D eigenvalue weighted by Gasteiger charge is 2.06. The highest BCUT2D eigenvalue weighted by Crippen LogP contribution is 2.13. The molecule has 0 radical (unpaired) electrons. The van der Waals surface area contributed by atoms with Gasteiger partial charge < -0.3 is 9.21 Å². The molecule has 0 aliphatic heterocycles. The minimum atomic E-state index is 0.139. The third-order valence-electron chi connectivity index (χ3n) is 1.90. The number of aryl methyl sites for hydroxylation is 1. The lowest BCUT2D eigenvalue weighted by Crippen LogP contribution is -1.93. The molecule has 0 spiro atoms. The molecular formula is C10H10N2O2. The number of rotatable bonds is 3. The van der Waals surface area contributed by atoms with Crippen molar-refractivity contribution in [1.82, 2.24) is 9.97 Å². The van der Waals surface area contributed by atoms with Crippen molar-refractivity contribution in [3.63, 3.8) is 0 Å². The van der Waals surface area contributed by atoms with Gasteiger partial charge >= 0.3 is 0 Å². The maximum Gasteiger partial charge on any atom is 0.198 e. The molecule has 14 heavy (non-hydrogen) atoms. The lowest BCUT2D eigenvalue weighted by Gasteiger charge is -1.89. The second-order valence-corrected chi connectivity index (χ2v) is 3.13. The molecule has 2 rings (SSSR count). The van der Waals surface area contributed by atoms with Crippen LogP contribution < -0.4 is 0 Å². The Bertz CT molecular complexity index is 429. The van der Waals surface area contributed by atoms with Crippen LogP contribution in [0.2, 0.25) is 0 Å². The minimum Gasteiger partial charge on any atom is -0.439 e. The van der Waals surface area contributed by atoms with Crippen molar-refractivity contribution in [3.8, 4) is 0 Å². The molecule has 0 saturated heterocycles. The summed E-state index contributed by atoms with van der Waals surface area (Å²) >= 11 is 0. The van der Waals surface area contributed by atoms with E-state index >= 15 is 0 Å². The van der Waals surface area contributed by atoms with Gasteiger partial charge in [-0.1, -0.05) is 0 Å². The van der Waals surface area contributed by atoms with Gasteiger partial charge in [-0.25, -0.2) is 4.98 Å². The van der Waals surface area contributed by atoms with Gasteiger partial charge in [0.15, 0.2) is 17.1 Å². The SMILES string of the molecule is CC(=O)CCc1nc2ncccc2o1. The van der Waals surface area contributed by atoms with E-state index in [2.05, 4.69) is 9.97 Å². The van der Waals surface area contributed by atoms with Gasteiger partial charge in [-0.2, -0.15) is 4.98 Å². The zero-order valence-corrected chi connectivity index (χ0v) is 7.86. The van der Waals surface area contributed by atoms with Crippen molar-refractivity contribution in [2.24, 2.45) is 0 Å². The Morgan fingerprint density at radius 3 is 3.14 bits per heavy atom.